The Morgan fingerprint density at radius 3 is 2.73 bits per heavy atom. The Hall–Kier alpha value is -4.27. The van der Waals surface area contributed by atoms with Gasteiger partial charge >= 0.3 is 6.01 Å². The van der Waals surface area contributed by atoms with Crippen LogP contribution in [-0.4, -0.2) is 59.2 Å². The molecule has 2 aromatic heterocycles. The SMILES string of the molecule is C#Cc1cccc2cccc(-c3ncc4c(N5CCC[C@@H](CC#N)C5)nc(OC[C@@H]5CCCN5C)nc4c3F)c12. The van der Waals surface area contributed by atoms with Crippen molar-refractivity contribution >= 4 is 27.5 Å². The molecule has 2 aromatic carbocycles. The number of likely N-dealkylation sites (N-methyl/N-ethyl adjacent to an activating group) is 1. The lowest BCUT2D eigenvalue weighted by Gasteiger charge is -2.33. The smallest absolute Gasteiger partial charge is 0.319 e. The molecule has 7 nitrogen and oxygen atoms in total. The molecule has 6 rings (SSSR count). The van der Waals surface area contributed by atoms with Gasteiger partial charge in [-0.2, -0.15) is 15.2 Å². The van der Waals surface area contributed by atoms with Crippen molar-refractivity contribution in [2.45, 2.75) is 38.1 Å². The lowest BCUT2D eigenvalue weighted by atomic mass is 9.95. The summed E-state index contributed by atoms with van der Waals surface area (Å²) in [6, 6.07) is 14.1. The third-order valence-corrected chi connectivity index (χ3v) is 8.23. The highest BCUT2D eigenvalue weighted by molar-refractivity contribution is 6.01. The number of hydrogen-bond donors (Lipinski definition) is 0. The number of nitriles is 1. The van der Waals surface area contributed by atoms with Crippen LogP contribution in [0, 0.1) is 35.4 Å². The second kappa shape index (κ2) is 11.1. The summed E-state index contributed by atoms with van der Waals surface area (Å²) in [6.07, 6.45) is 12.0. The van der Waals surface area contributed by atoms with Crippen LogP contribution in [0.2, 0.25) is 0 Å². The molecule has 2 aliphatic heterocycles. The Labute approximate surface area is 233 Å². The average Bonchev–Trinajstić information content (AvgIpc) is 3.40. The summed E-state index contributed by atoms with van der Waals surface area (Å²) in [5, 5.41) is 11.5. The number of likely N-dealkylation sites (tertiary alicyclic amines) is 1. The average molecular weight is 535 g/mol. The third-order valence-electron chi connectivity index (χ3n) is 8.23. The molecule has 40 heavy (non-hydrogen) atoms. The monoisotopic (exact) mass is 534 g/mol. The zero-order valence-electron chi connectivity index (χ0n) is 22.6. The molecule has 0 spiro atoms. The van der Waals surface area contributed by atoms with Gasteiger partial charge in [-0.15, -0.1) is 6.42 Å². The first kappa shape index (κ1) is 26.0. The topological polar surface area (TPSA) is 78.2 Å². The van der Waals surface area contributed by atoms with Crippen molar-refractivity contribution in [3.05, 3.63) is 54.0 Å². The van der Waals surface area contributed by atoms with Crippen LogP contribution in [0.25, 0.3) is 32.9 Å². The van der Waals surface area contributed by atoms with Crippen molar-refractivity contribution in [2.75, 3.05) is 38.2 Å². The summed E-state index contributed by atoms with van der Waals surface area (Å²) in [7, 11) is 2.09. The number of aromatic nitrogens is 3. The van der Waals surface area contributed by atoms with Gasteiger partial charge in [0.05, 0.1) is 11.5 Å². The molecular weight excluding hydrogens is 503 g/mol. The van der Waals surface area contributed by atoms with E-state index < -0.39 is 5.82 Å². The number of benzene rings is 2. The number of hydrogen-bond acceptors (Lipinski definition) is 7. The van der Waals surface area contributed by atoms with E-state index >= 15 is 4.39 Å². The van der Waals surface area contributed by atoms with Crippen molar-refractivity contribution < 1.29 is 9.13 Å². The molecule has 0 bridgehead atoms. The second-order valence-corrected chi connectivity index (χ2v) is 10.8. The lowest BCUT2D eigenvalue weighted by molar-refractivity contribution is 0.188. The quantitative estimate of drug-likeness (QED) is 0.299. The Kier molecular flexibility index (Phi) is 7.19. The summed E-state index contributed by atoms with van der Waals surface area (Å²) in [5.74, 6) is 3.03. The minimum absolute atomic E-state index is 0.156. The van der Waals surface area contributed by atoms with Crippen LogP contribution in [0.5, 0.6) is 6.01 Å². The number of pyridine rings is 1. The van der Waals surface area contributed by atoms with Crippen LogP contribution >= 0.6 is 0 Å². The molecule has 2 aliphatic rings. The van der Waals surface area contributed by atoms with E-state index in [2.05, 4.69) is 38.8 Å². The van der Waals surface area contributed by atoms with E-state index in [9.17, 15) is 5.26 Å². The van der Waals surface area contributed by atoms with E-state index in [1.807, 2.05) is 36.4 Å². The maximum absolute atomic E-state index is 16.5. The highest BCUT2D eigenvalue weighted by Gasteiger charge is 2.27. The maximum Gasteiger partial charge on any atom is 0.319 e. The van der Waals surface area contributed by atoms with Gasteiger partial charge in [0.25, 0.3) is 0 Å². The van der Waals surface area contributed by atoms with Crippen molar-refractivity contribution in [3.8, 4) is 35.7 Å². The molecule has 0 amide bonds. The molecule has 4 heterocycles. The zero-order valence-corrected chi connectivity index (χ0v) is 22.6. The van der Waals surface area contributed by atoms with Gasteiger partial charge in [0.1, 0.15) is 23.6 Å². The van der Waals surface area contributed by atoms with Crippen LogP contribution in [0.3, 0.4) is 0 Å². The van der Waals surface area contributed by atoms with E-state index in [1.54, 1.807) is 6.20 Å². The maximum atomic E-state index is 16.5. The largest absolute Gasteiger partial charge is 0.462 e. The predicted octanol–water partition coefficient (Wildman–Crippen LogP) is 5.57. The first-order valence-electron chi connectivity index (χ1n) is 13.9. The van der Waals surface area contributed by atoms with Crippen molar-refractivity contribution in [1.82, 2.24) is 19.9 Å². The normalized spacial score (nSPS) is 19.6. The van der Waals surface area contributed by atoms with Crippen LogP contribution in [-0.2, 0) is 0 Å². The molecule has 8 heteroatoms. The van der Waals surface area contributed by atoms with Crippen molar-refractivity contribution in [1.29, 1.82) is 5.26 Å². The summed E-state index contributed by atoms with van der Waals surface area (Å²) in [6.45, 7) is 2.90. The fraction of sp³-hybridized carbons (Fsp3) is 0.375. The Morgan fingerprint density at radius 1 is 1.12 bits per heavy atom. The van der Waals surface area contributed by atoms with Crippen LogP contribution in [0.4, 0.5) is 10.2 Å². The van der Waals surface area contributed by atoms with Crippen molar-refractivity contribution in [3.63, 3.8) is 0 Å². The lowest BCUT2D eigenvalue weighted by Crippen LogP contribution is -2.36. The zero-order chi connectivity index (χ0) is 27.6. The minimum Gasteiger partial charge on any atom is -0.462 e. The van der Waals surface area contributed by atoms with E-state index in [-0.39, 0.29) is 29.2 Å². The Morgan fingerprint density at radius 2 is 1.95 bits per heavy atom. The molecule has 4 aromatic rings. The van der Waals surface area contributed by atoms with Gasteiger partial charge in [0, 0.05) is 48.3 Å². The molecule has 0 N–H and O–H groups in total. The predicted molar refractivity (Wildman–Crippen MR) is 154 cm³/mol. The number of nitrogens with zero attached hydrogens (tertiary/aromatic N) is 6. The van der Waals surface area contributed by atoms with Crippen LogP contribution in [0.15, 0.2) is 42.6 Å². The first-order chi connectivity index (χ1) is 19.6. The molecule has 0 saturated carbocycles. The van der Waals surface area contributed by atoms with E-state index in [4.69, 9.17) is 16.1 Å². The molecule has 0 radical (unpaired) electrons. The third kappa shape index (κ3) is 4.80. The number of ether oxygens (including phenoxy) is 1. The fourth-order valence-corrected chi connectivity index (χ4v) is 6.09. The molecule has 2 saturated heterocycles. The summed E-state index contributed by atoms with van der Waals surface area (Å²) in [4.78, 5) is 18.4. The van der Waals surface area contributed by atoms with Gasteiger partial charge in [0.2, 0.25) is 0 Å². The Balaban J connectivity index is 1.48. The summed E-state index contributed by atoms with van der Waals surface area (Å²) in [5.41, 5.74) is 1.65. The van der Waals surface area contributed by atoms with E-state index in [0.717, 1.165) is 49.5 Å². The highest BCUT2D eigenvalue weighted by Crippen LogP contribution is 2.37. The fourth-order valence-electron chi connectivity index (χ4n) is 6.09. The molecular formula is C32H31FN6O. The van der Waals surface area contributed by atoms with E-state index in [1.165, 1.54) is 0 Å². The molecule has 0 unspecified atom stereocenters. The van der Waals surface area contributed by atoms with Gasteiger partial charge in [0.15, 0.2) is 5.82 Å². The van der Waals surface area contributed by atoms with Gasteiger partial charge < -0.3 is 14.5 Å². The van der Waals surface area contributed by atoms with Crippen LogP contribution < -0.4 is 9.64 Å². The summed E-state index contributed by atoms with van der Waals surface area (Å²) >= 11 is 0. The molecule has 0 aliphatic carbocycles. The van der Waals surface area contributed by atoms with Gasteiger partial charge in [-0.25, -0.2) is 4.39 Å². The number of piperidine rings is 1. The van der Waals surface area contributed by atoms with Gasteiger partial charge in [-0.1, -0.05) is 36.3 Å². The first-order valence-corrected chi connectivity index (χ1v) is 13.9. The molecule has 2 atom stereocenters. The molecule has 2 fully saturated rings. The van der Waals surface area contributed by atoms with Crippen molar-refractivity contribution in [2.24, 2.45) is 5.92 Å². The number of halogens is 1. The minimum atomic E-state index is -0.533. The number of anilines is 1. The number of fused-ring (bicyclic) bond motifs is 2. The number of terminal acetylenes is 1. The van der Waals surface area contributed by atoms with Gasteiger partial charge in [-0.3, -0.25) is 4.98 Å². The highest BCUT2D eigenvalue weighted by atomic mass is 19.1. The molecule has 202 valence electrons. The second-order valence-electron chi connectivity index (χ2n) is 10.8. The van der Waals surface area contributed by atoms with Crippen LogP contribution in [0.1, 0.15) is 37.7 Å². The standard InChI is InChI=1S/C32H31FN6O/c1-3-22-9-4-10-23-11-5-13-25(27(22)23)29-28(33)30-26(18-35-29)31(39-17-6-8-21(19-39)14-15-34)37-32(36-30)40-20-24-12-7-16-38(24)2/h1,4-5,9-11,13,18,21,24H,6-8,12,14,16-17,19-20H2,2H3/t21-,24-/m0/s1. The van der Waals surface area contributed by atoms with Gasteiger partial charge in [-0.05, 0) is 56.6 Å². The van der Waals surface area contributed by atoms with E-state index in [0.29, 0.717) is 41.9 Å². The number of rotatable bonds is 6. The summed E-state index contributed by atoms with van der Waals surface area (Å²) < 4.78 is 22.6. The Bertz CT molecular complexity index is 1650.